The van der Waals surface area contributed by atoms with Crippen molar-refractivity contribution in [3.05, 3.63) is 5.28 Å². The van der Waals surface area contributed by atoms with Crippen LogP contribution in [0.2, 0.25) is 5.28 Å². The summed E-state index contributed by atoms with van der Waals surface area (Å²) in [6, 6.07) is 0.116. The summed E-state index contributed by atoms with van der Waals surface area (Å²) < 4.78 is 10.4. The number of hydrogen-bond acceptors (Lipinski definition) is 7. The Labute approximate surface area is 142 Å². The zero-order valence-electron chi connectivity index (χ0n) is 14.5. The van der Waals surface area contributed by atoms with E-state index in [9.17, 15) is 4.79 Å². The highest BCUT2D eigenvalue weighted by atomic mass is 35.5. The molecule has 1 unspecified atom stereocenters. The minimum atomic E-state index is -0.522. The van der Waals surface area contributed by atoms with Crippen LogP contribution < -0.4 is 10.1 Å². The van der Waals surface area contributed by atoms with Crippen LogP contribution in [0.15, 0.2) is 0 Å². The van der Waals surface area contributed by atoms with Gasteiger partial charge in [0.1, 0.15) is 5.60 Å². The lowest BCUT2D eigenvalue weighted by atomic mass is 9.97. The minimum absolute atomic E-state index is 0.0250. The van der Waals surface area contributed by atoms with Gasteiger partial charge in [-0.05, 0) is 44.7 Å². The zero-order valence-corrected chi connectivity index (χ0v) is 15.3. The number of anilines is 1. The fourth-order valence-corrected chi connectivity index (χ4v) is 2.09. The van der Waals surface area contributed by atoms with Crippen LogP contribution in [0, 0.1) is 11.8 Å². The predicted molar refractivity (Wildman–Crippen MR) is 88.7 cm³/mol. The molecule has 1 aromatic heterocycles. The first-order valence-electron chi connectivity index (χ1n) is 7.53. The molecular weight excluding hydrogens is 320 g/mol. The Bertz CT molecular complexity index is 532. The third-order valence-corrected chi connectivity index (χ3v) is 2.94. The van der Waals surface area contributed by atoms with Crippen LogP contribution in [-0.4, -0.2) is 40.2 Å². The standard InChI is InChI=1S/C15H25ClN4O3/c1-9(2)7-10(11(21)23-15(3,4)5)8-17-13-18-12(16)19-14(20-13)22-6/h9-10H,7-8H2,1-6H3,(H,17,18,19,20). The molecule has 0 saturated heterocycles. The van der Waals surface area contributed by atoms with E-state index in [0.29, 0.717) is 18.9 Å². The van der Waals surface area contributed by atoms with E-state index in [1.807, 2.05) is 20.8 Å². The third-order valence-electron chi connectivity index (χ3n) is 2.77. The molecule has 0 aliphatic heterocycles. The number of halogens is 1. The Kier molecular flexibility index (Phi) is 7.00. The maximum atomic E-state index is 12.3. The molecule has 130 valence electrons. The number of hydrogen-bond donors (Lipinski definition) is 1. The van der Waals surface area contributed by atoms with Gasteiger partial charge in [-0.1, -0.05) is 13.8 Å². The Morgan fingerprint density at radius 3 is 2.43 bits per heavy atom. The predicted octanol–water partition coefficient (Wildman–Crippen LogP) is 2.95. The number of ether oxygens (including phenoxy) is 2. The maximum Gasteiger partial charge on any atom is 0.322 e. The highest BCUT2D eigenvalue weighted by Gasteiger charge is 2.26. The lowest BCUT2D eigenvalue weighted by Crippen LogP contribution is -2.33. The summed E-state index contributed by atoms with van der Waals surface area (Å²) in [6.45, 7) is 10.0. The van der Waals surface area contributed by atoms with E-state index >= 15 is 0 Å². The Morgan fingerprint density at radius 2 is 1.91 bits per heavy atom. The molecular formula is C15H25ClN4O3. The first-order valence-corrected chi connectivity index (χ1v) is 7.91. The van der Waals surface area contributed by atoms with Crippen LogP contribution in [-0.2, 0) is 9.53 Å². The smallest absolute Gasteiger partial charge is 0.322 e. The molecule has 0 saturated carbocycles. The van der Waals surface area contributed by atoms with Gasteiger partial charge in [0.05, 0.1) is 13.0 Å². The Hall–Kier alpha value is -1.63. The van der Waals surface area contributed by atoms with Gasteiger partial charge in [-0.25, -0.2) is 0 Å². The highest BCUT2D eigenvalue weighted by Crippen LogP contribution is 2.19. The van der Waals surface area contributed by atoms with Crippen molar-refractivity contribution in [2.45, 2.75) is 46.6 Å². The van der Waals surface area contributed by atoms with Gasteiger partial charge < -0.3 is 14.8 Å². The summed E-state index contributed by atoms with van der Waals surface area (Å²) in [5.41, 5.74) is -0.522. The summed E-state index contributed by atoms with van der Waals surface area (Å²) in [6.07, 6.45) is 0.692. The summed E-state index contributed by atoms with van der Waals surface area (Å²) in [4.78, 5) is 24.2. The largest absolute Gasteiger partial charge is 0.467 e. The molecule has 1 atom stereocenters. The topological polar surface area (TPSA) is 86.2 Å². The maximum absolute atomic E-state index is 12.3. The van der Waals surface area contributed by atoms with E-state index in [1.165, 1.54) is 7.11 Å². The monoisotopic (exact) mass is 344 g/mol. The van der Waals surface area contributed by atoms with Gasteiger partial charge in [0.15, 0.2) is 0 Å². The van der Waals surface area contributed by atoms with Gasteiger partial charge >= 0.3 is 12.0 Å². The van der Waals surface area contributed by atoms with Gasteiger partial charge in [0.25, 0.3) is 0 Å². The van der Waals surface area contributed by atoms with Gasteiger partial charge in [0, 0.05) is 6.54 Å². The van der Waals surface area contributed by atoms with Crippen molar-refractivity contribution in [1.29, 1.82) is 0 Å². The molecule has 1 rings (SSSR count). The third kappa shape index (κ3) is 7.45. The number of carbonyl (C=O) groups excluding carboxylic acids is 1. The molecule has 0 amide bonds. The van der Waals surface area contributed by atoms with Crippen LogP contribution >= 0.6 is 11.6 Å². The van der Waals surface area contributed by atoms with E-state index in [4.69, 9.17) is 21.1 Å². The summed E-state index contributed by atoms with van der Waals surface area (Å²) in [5.74, 6) is 0.0616. The average Bonchev–Trinajstić information content (AvgIpc) is 2.40. The number of nitrogens with zero attached hydrogens (tertiary/aromatic N) is 3. The molecule has 0 aliphatic rings. The minimum Gasteiger partial charge on any atom is -0.467 e. The van der Waals surface area contributed by atoms with Crippen LogP contribution in [0.25, 0.3) is 0 Å². The van der Waals surface area contributed by atoms with E-state index < -0.39 is 5.60 Å². The van der Waals surface area contributed by atoms with Gasteiger partial charge in [-0.3, -0.25) is 4.79 Å². The molecule has 0 spiro atoms. The molecule has 0 radical (unpaired) electrons. The van der Waals surface area contributed by atoms with E-state index in [0.717, 1.165) is 0 Å². The molecule has 8 heteroatoms. The fraction of sp³-hybridized carbons (Fsp3) is 0.733. The van der Waals surface area contributed by atoms with Crippen LogP contribution in [0.4, 0.5) is 5.95 Å². The zero-order chi connectivity index (χ0) is 17.6. The van der Waals surface area contributed by atoms with Crippen molar-refractivity contribution in [3.63, 3.8) is 0 Å². The lowest BCUT2D eigenvalue weighted by Gasteiger charge is -2.25. The van der Waals surface area contributed by atoms with Crippen molar-refractivity contribution in [2.24, 2.45) is 11.8 Å². The van der Waals surface area contributed by atoms with Crippen molar-refractivity contribution in [2.75, 3.05) is 19.0 Å². The normalized spacial score (nSPS) is 12.9. The van der Waals surface area contributed by atoms with Crippen LogP contribution in [0.3, 0.4) is 0 Å². The first kappa shape index (κ1) is 19.4. The SMILES string of the molecule is COc1nc(Cl)nc(NCC(CC(C)C)C(=O)OC(C)(C)C)n1. The second-order valence-electron chi connectivity index (χ2n) is 6.66. The molecule has 0 fully saturated rings. The van der Waals surface area contributed by atoms with E-state index in [-0.39, 0.29) is 29.1 Å². The molecule has 1 heterocycles. The van der Waals surface area contributed by atoms with Gasteiger partial charge in [-0.2, -0.15) is 15.0 Å². The highest BCUT2D eigenvalue weighted by molar-refractivity contribution is 6.28. The van der Waals surface area contributed by atoms with E-state index in [1.54, 1.807) is 0 Å². The summed E-state index contributed by atoms with van der Waals surface area (Å²) in [7, 11) is 1.44. The summed E-state index contributed by atoms with van der Waals surface area (Å²) in [5, 5.41) is 3.03. The second kappa shape index (κ2) is 8.29. The van der Waals surface area contributed by atoms with E-state index in [2.05, 4.69) is 34.1 Å². The molecule has 1 aromatic rings. The number of rotatable bonds is 7. The number of carbonyl (C=O) groups is 1. The van der Waals surface area contributed by atoms with Crippen LogP contribution in [0.5, 0.6) is 6.01 Å². The van der Waals surface area contributed by atoms with Crippen LogP contribution in [0.1, 0.15) is 41.0 Å². The molecule has 23 heavy (non-hydrogen) atoms. The Morgan fingerprint density at radius 1 is 1.26 bits per heavy atom. The van der Waals surface area contributed by atoms with Crippen molar-refractivity contribution >= 4 is 23.5 Å². The van der Waals surface area contributed by atoms with Gasteiger partial charge in [-0.15, -0.1) is 0 Å². The van der Waals surface area contributed by atoms with Crippen molar-refractivity contribution < 1.29 is 14.3 Å². The second-order valence-corrected chi connectivity index (χ2v) is 6.99. The molecule has 0 aliphatic carbocycles. The summed E-state index contributed by atoms with van der Waals surface area (Å²) >= 11 is 5.80. The van der Waals surface area contributed by atoms with Gasteiger partial charge in [0.2, 0.25) is 11.2 Å². The first-order chi connectivity index (χ1) is 10.6. The number of esters is 1. The average molecular weight is 345 g/mol. The fourth-order valence-electron chi connectivity index (χ4n) is 1.93. The Balaban J connectivity index is 2.78. The number of methoxy groups -OCH3 is 1. The molecule has 1 N–H and O–H groups in total. The van der Waals surface area contributed by atoms with Crippen molar-refractivity contribution in [3.8, 4) is 6.01 Å². The number of nitrogens with one attached hydrogen (secondary N) is 1. The molecule has 0 aromatic carbocycles. The quantitative estimate of drug-likeness (QED) is 0.761. The number of aromatic nitrogens is 3. The van der Waals surface area contributed by atoms with Crippen molar-refractivity contribution in [1.82, 2.24) is 15.0 Å². The molecule has 0 bridgehead atoms. The molecule has 7 nitrogen and oxygen atoms in total. The lowest BCUT2D eigenvalue weighted by molar-refractivity contribution is -0.160.